The summed E-state index contributed by atoms with van der Waals surface area (Å²) < 4.78 is 4.68. The zero-order chi connectivity index (χ0) is 16.1. The summed E-state index contributed by atoms with van der Waals surface area (Å²) in [4.78, 5) is 18.8. The maximum absolute atomic E-state index is 10.8. The number of anilines is 1. The van der Waals surface area contributed by atoms with Crippen LogP contribution in [0.25, 0.3) is 0 Å². The van der Waals surface area contributed by atoms with E-state index in [1.54, 1.807) is 32.1 Å². The molecule has 6 heteroatoms. The molecule has 0 saturated heterocycles. The molecule has 20 heavy (non-hydrogen) atoms. The van der Waals surface area contributed by atoms with Crippen LogP contribution in [0.5, 0.6) is 0 Å². The van der Waals surface area contributed by atoms with Gasteiger partial charge in [0.05, 0.1) is 6.61 Å². The lowest BCUT2D eigenvalue weighted by Gasteiger charge is -2.00. The highest BCUT2D eigenvalue weighted by Crippen LogP contribution is 2.17. The first kappa shape index (κ1) is 21.0. The summed E-state index contributed by atoms with van der Waals surface area (Å²) in [5.41, 5.74) is 3.05. The summed E-state index contributed by atoms with van der Waals surface area (Å²) in [5, 5.41) is 7.81. The van der Waals surface area contributed by atoms with Gasteiger partial charge < -0.3 is 14.8 Å². The van der Waals surface area contributed by atoms with E-state index in [1.807, 2.05) is 13.8 Å². The van der Waals surface area contributed by atoms with Crippen molar-refractivity contribution in [3.05, 3.63) is 26.9 Å². The fraction of sp³-hybridized carbons (Fsp3) is 0.429. The molecule has 0 unspecified atom stereocenters. The van der Waals surface area contributed by atoms with Crippen LogP contribution in [0.2, 0.25) is 0 Å². The Hall–Kier alpha value is -1.33. The minimum absolute atomic E-state index is 0.338. The van der Waals surface area contributed by atoms with Crippen LogP contribution in [0.1, 0.15) is 26.3 Å². The number of carbonyl (C=O) groups is 2. The van der Waals surface area contributed by atoms with Crippen molar-refractivity contribution in [2.24, 2.45) is 0 Å². The van der Waals surface area contributed by atoms with E-state index < -0.39 is 0 Å². The third kappa shape index (κ3) is 8.72. The van der Waals surface area contributed by atoms with Gasteiger partial charge in [0.25, 0.3) is 0 Å². The smallest absolute Gasteiger partial charge is 0.334 e. The third-order valence-electron chi connectivity index (χ3n) is 2.22. The fourth-order valence-corrected chi connectivity index (χ4v) is 1.91. The predicted molar refractivity (Wildman–Crippen MR) is 86.6 cm³/mol. The minimum atomic E-state index is -0.338. The van der Waals surface area contributed by atoms with E-state index in [4.69, 9.17) is 16.4 Å². The third-order valence-corrected chi connectivity index (χ3v) is 3.37. The standard InChI is InChI=1S/C7H11ClO2.C6H9NS.CH2O/c1-4-10-7(9)5(2)6(3)8;1-5-3-8-4-6(5)7-2;1-2/h4H2,1-3H3;3-4,7H,1-2H3;1H2/b6-5-;;. The average Bonchev–Trinajstić information content (AvgIpc) is 2.86. The quantitative estimate of drug-likeness (QED) is 0.676. The molecule has 0 aliphatic carbocycles. The molecule has 0 bridgehead atoms. The van der Waals surface area contributed by atoms with Crippen LogP contribution in [0.4, 0.5) is 5.69 Å². The Morgan fingerprint density at radius 3 is 2.20 bits per heavy atom. The number of ether oxygens (including phenoxy) is 1. The molecule has 1 rings (SSSR count). The number of esters is 1. The Kier molecular flexibility index (Phi) is 13.3. The molecule has 0 saturated carbocycles. The predicted octanol–water partition coefficient (Wildman–Crippen LogP) is 4.00. The molecule has 4 nitrogen and oxygen atoms in total. The molecule has 0 aliphatic rings. The lowest BCUT2D eigenvalue weighted by atomic mass is 10.3. The van der Waals surface area contributed by atoms with Gasteiger partial charge in [-0.05, 0) is 38.6 Å². The highest BCUT2D eigenvalue weighted by molar-refractivity contribution is 7.08. The summed E-state index contributed by atoms with van der Waals surface area (Å²) in [5.74, 6) is -0.338. The van der Waals surface area contributed by atoms with Crippen LogP contribution in [-0.4, -0.2) is 26.4 Å². The first-order chi connectivity index (χ1) is 9.43. The van der Waals surface area contributed by atoms with E-state index in [-0.39, 0.29) is 5.97 Å². The molecular weight excluding hydrogens is 298 g/mol. The Labute approximate surface area is 129 Å². The van der Waals surface area contributed by atoms with Crippen molar-refractivity contribution in [1.29, 1.82) is 0 Å². The number of thiophene rings is 1. The summed E-state index contributed by atoms with van der Waals surface area (Å²) in [6.45, 7) is 9.55. The number of halogens is 1. The molecule has 114 valence electrons. The molecule has 0 atom stereocenters. The summed E-state index contributed by atoms with van der Waals surface area (Å²) in [7, 11) is 1.94. The first-order valence-corrected chi connectivity index (χ1v) is 7.25. The van der Waals surface area contributed by atoms with E-state index in [0.717, 1.165) is 0 Å². The molecule has 1 heterocycles. The molecular formula is C14H22ClNO3S. The topological polar surface area (TPSA) is 55.4 Å². The SMILES string of the molecule is C=O.CCOC(=O)/C(C)=C(/C)Cl.CNc1cscc1C. The van der Waals surface area contributed by atoms with E-state index in [2.05, 4.69) is 27.7 Å². The van der Waals surface area contributed by atoms with Gasteiger partial charge in [0.15, 0.2) is 0 Å². The van der Waals surface area contributed by atoms with Crippen LogP contribution in [0, 0.1) is 6.92 Å². The van der Waals surface area contributed by atoms with Gasteiger partial charge in [0.1, 0.15) is 6.79 Å². The van der Waals surface area contributed by atoms with Gasteiger partial charge in [-0.15, -0.1) is 11.3 Å². The second kappa shape index (κ2) is 12.7. The van der Waals surface area contributed by atoms with Crippen molar-refractivity contribution in [2.45, 2.75) is 27.7 Å². The monoisotopic (exact) mass is 319 g/mol. The van der Waals surface area contributed by atoms with Crippen LogP contribution in [0.15, 0.2) is 21.4 Å². The number of hydrogen-bond acceptors (Lipinski definition) is 5. The Morgan fingerprint density at radius 1 is 1.40 bits per heavy atom. The number of aryl methyl sites for hydroxylation is 1. The number of carbonyl (C=O) groups excluding carboxylic acids is 2. The molecule has 1 aromatic heterocycles. The Morgan fingerprint density at radius 2 is 1.95 bits per heavy atom. The van der Waals surface area contributed by atoms with Crippen LogP contribution in [-0.2, 0) is 14.3 Å². The van der Waals surface area contributed by atoms with E-state index in [9.17, 15) is 4.79 Å². The van der Waals surface area contributed by atoms with Crippen molar-refractivity contribution in [1.82, 2.24) is 0 Å². The molecule has 0 radical (unpaired) electrons. The van der Waals surface area contributed by atoms with Gasteiger partial charge in [0, 0.05) is 28.7 Å². The van der Waals surface area contributed by atoms with E-state index in [0.29, 0.717) is 17.2 Å². The van der Waals surface area contributed by atoms with Crippen molar-refractivity contribution in [3.8, 4) is 0 Å². The molecule has 1 N–H and O–H groups in total. The van der Waals surface area contributed by atoms with Gasteiger partial charge in [-0.25, -0.2) is 4.79 Å². The zero-order valence-electron chi connectivity index (χ0n) is 12.6. The largest absolute Gasteiger partial charge is 0.463 e. The molecule has 0 aliphatic heterocycles. The normalized spacial score (nSPS) is 10.1. The van der Waals surface area contributed by atoms with Crippen LogP contribution in [0.3, 0.4) is 0 Å². The molecule has 0 aromatic carbocycles. The highest BCUT2D eigenvalue weighted by Gasteiger charge is 2.05. The average molecular weight is 320 g/mol. The van der Waals surface area contributed by atoms with E-state index in [1.165, 1.54) is 11.3 Å². The molecule has 0 spiro atoms. The van der Waals surface area contributed by atoms with Gasteiger partial charge in [-0.1, -0.05) is 11.6 Å². The van der Waals surface area contributed by atoms with Gasteiger partial charge in [-0.3, -0.25) is 0 Å². The lowest BCUT2D eigenvalue weighted by molar-refractivity contribution is -0.138. The van der Waals surface area contributed by atoms with E-state index >= 15 is 0 Å². The lowest BCUT2D eigenvalue weighted by Crippen LogP contribution is -2.05. The zero-order valence-corrected chi connectivity index (χ0v) is 14.2. The fourth-order valence-electron chi connectivity index (χ4n) is 0.997. The van der Waals surface area contributed by atoms with Gasteiger partial charge >= 0.3 is 5.97 Å². The molecule has 1 aromatic rings. The molecule has 0 fully saturated rings. The highest BCUT2D eigenvalue weighted by atomic mass is 35.5. The number of allylic oxidation sites excluding steroid dienone is 1. The summed E-state index contributed by atoms with van der Waals surface area (Å²) in [6.07, 6.45) is 0. The van der Waals surface area contributed by atoms with Crippen molar-refractivity contribution in [2.75, 3.05) is 19.0 Å². The van der Waals surface area contributed by atoms with Crippen LogP contribution < -0.4 is 5.32 Å². The number of rotatable bonds is 3. The second-order valence-electron chi connectivity index (χ2n) is 3.60. The van der Waals surface area contributed by atoms with Crippen molar-refractivity contribution >= 4 is 41.4 Å². The van der Waals surface area contributed by atoms with Crippen molar-refractivity contribution < 1.29 is 14.3 Å². The van der Waals surface area contributed by atoms with Gasteiger partial charge in [0.2, 0.25) is 0 Å². The van der Waals surface area contributed by atoms with Crippen LogP contribution >= 0.6 is 22.9 Å². The maximum atomic E-state index is 10.8. The second-order valence-corrected chi connectivity index (χ2v) is 4.91. The first-order valence-electron chi connectivity index (χ1n) is 5.93. The Balaban J connectivity index is 0. The van der Waals surface area contributed by atoms with Crippen molar-refractivity contribution in [3.63, 3.8) is 0 Å². The molecule has 0 amide bonds. The number of nitrogens with one attached hydrogen (secondary N) is 1. The summed E-state index contributed by atoms with van der Waals surface area (Å²) >= 11 is 7.27. The number of hydrogen-bond donors (Lipinski definition) is 1. The summed E-state index contributed by atoms with van der Waals surface area (Å²) in [6, 6.07) is 0. The minimum Gasteiger partial charge on any atom is -0.463 e. The maximum Gasteiger partial charge on any atom is 0.334 e. The van der Waals surface area contributed by atoms with Gasteiger partial charge in [-0.2, -0.15) is 0 Å². The Bertz CT molecular complexity index is 426.